The summed E-state index contributed by atoms with van der Waals surface area (Å²) in [6.45, 7) is 0.202. The highest BCUT2D eigenvalue weighted by Gasteiger charge is 2.41. The van der Waals surface area contributed by atoms with Gasteiger partial charge in [-0.2, -0.15) is 0 Å². The number of carbonyl (C=O) groups excluding carboxylic acids is 3. The van der Waals surface area contributed by atoms with Gasteiger partial charge < -0.3 is 10.0 Å². The standard InChI is InChI=1S/C21H19NO5S2/c23-18(22-12-11-16(22)19(24)25)17(29-21(27)15-9-5-2-6-10-15)13-28-20(26)14-7-3-1-4-8-14/h1-10,16-17H,11-13H2,(H,24,25)/i17D. The molecule has 1 aliphatic rings. The Labute approximate surface area is 178 Å². The number of likely N-dealkylation sites (tertiary alicyclic amines) is 1. The third-order valence-electron chi connectivity index (χ3n) is 4.37. The Balaban J connectivity index is 1.80. The molecule has 2 unspecified atom stereocenters. The first kappa shape index (κ1) is 19.7. The predicted molar refractivity (Wildman–Crippen MR) is 113 cm³/mol. The van der Waals surface area contributed by atoms with Crippen LogP contribution in [0.4, 0.5) is 0 Å². The van der Waals surface area contributed by atoms with Gasteiger partial charge in [-0.15, -0.1) is 0 Å². The molecule has 0 aliphatic carbocycles. The van der Waals surface area contributed by atoms with Crippen LogP contribution in [0.1, 0.15) is 28.5 Å². The summed E-state index contributed by atoms with van der Waals surface area (Å²) in [6.07, 6.45) is 0.296. The Morgan fingerprint density at radius 3 is 2.03 bits per heavy atom. The maximum atomic E-state index is 13.1. The third kappa shape index (κ3) is 5.27. The van der Waals surface area contributed by atoms with Crippen LogP contribution in [-0.4, -0.2) is 55.7 Å². The first-order valence-electron chi connectivity index (χ1n) is 9.36. The van der Waals surface area contributed by atoms with Crippen LogP contribution in [0, 0.1) is 0 Å². The Morgan fingerprint density at radius 2 is 1.55 bits per heavy atom. The average Bonchev–Trinajstić information content (AvgIpc) is 2.72. The van der Waals surface area contributed by atoms with Gasteiger partial charge in [0.1, 0.15) is 11.3 Å². The van der Waals surface area contributed by atoms with Gasteiger partial charge in [0.05, 0.1) is 1.37 Å². The molecule has 29 heavy (non-hydrogen) atoms. The van der Waals surface area contributed by atoms with Gasteiger partial charge in [0.15, 0.2) is 0 Å². The van der Waals surface area contributed by atoms with Gasteiger partial charge in [0, 0.05) is 23.4 Å². The number of carboxylic acid groups (broad SMARTS) is 1. The zero-order chi connectivity index (χ0) is 21.7. The van der Waals surface area contributed by atoms with E-state index >= 15 is 0 Å². The van der Waals surface area contributed by atoms with Crippen molar-refractivity contribution in [1.82, 2.24) is 4.90 Å². The number of hydrogen-bond donors (Lipinski definition) is 1. The minimum Gasteiger partial charge on any atom is -0.480 e. The molecule has 3 rings (SSSR count). The van der Waals surface area contributed by atoms with E-state index < -0.39 is 28.3 Å². The Morgan fingerprint density at radius 1 is 1.00 bits per heavy atom. The summed E-state index contributed by atoms with van der Waals surface area (Å²) < 4.78 is 8.75. The van der Waals surface area contributed by atoms with Gasteiger partial charge in [-0.05, 0) is 6.42 Å². The van der Waals surface area contributed by atoms with Crippen molar-refractivity contribution in [2.45, 2.75) is 17.7 Å². The highest BCUT2D eigenvalue weighted by Crippen LogP contribution is 2.28. The molecule has 0 saturated carbocycles. The fraction of sp³-hybridized carbons (Fsp3) is 0.238. The highest BCUT2D eigenvalue weighted by atomic mass is 32.2. The van der Waals surface area contributed by atoms with E-state index in [0.717, 1.165) is 16.7 Å². The van der Waals surface area contributed by atoms with Crippen LogP contribution < -0.4 is 0 Å². The molecule has 0 aromatic heterocycles. The zero-order valence-corrected chi connectivity index (χ0v) is 16.9. The quantitative estimate of drug-likeness (QED) is 0.721. The molecule has 1 saturated heterocycles. The molecule has 6 nitrogen and oxygen atoms in total. The number of benzene rings is 2. The van der Waals surface area contributed by atoms with Gasteiger partial charge in [0.25, 0.3) is 0 Å². The lowest BCUT2D eigenvalue weighted by molar-refractivity contribution is -0.156. The molecule has 8 heteroatoms. The van der Waals surface area contributed by atoms with E-state index in [0.29, 0.717) is 29.3 Å². The van der Waals surface area contributed by atoms with E-state index in [-0.39, 0.29) is 17.4 Å². The molecule has 2 aromatic carbocycles. The molecule has 0 bridgehead atoms. The number of thioether (sulfide) groups is 2. The van der Waals surface area contributed by atoms with Gasteiger partial charge >= 0.3 is 5.97 Å². The van der Waals surface area contributed by atoms with Crippen LogP contribution >= 0.6 is 23.5 Å². The number of rotatable bonds is 7. The Hall–Kier alpha value is -2.58. The highest BCUT2D eigenvalue weighted by molar-refractivity contribution is 8.18. The number of carbonyl (C=O) groups is 4. The monoisotopic (exact) mass is 430 g/mol. The van der Waals surface area contributed by atoms with Crippen molar-refractivity contribution in [2.75, 3.05) is 12.3 Å². The van der Waals surface area contributed by atoms with Crippen LogP contribution in [0.5, 0.6) is 0 Å². The van der Waals surface area contributed by atoms with E-state index in [1.54, 1.807) is 60.7 Å². The van der Waals surface area contributed by atoms with E-state index in [1.807, 2.05) is 0 Å². The minimum absolute atomic E-state index is 0.202. The van der Waals surface area contributed by atoms with Crippen molar-refractivity contribution in [2.24, 2.45) is 0 Å². The van der Waals surface area contributed by atoms with E-state index in [2.05, 4.69) is 0 Å². The van der Waals surface area contributed by atoms with E-state index in [9.17, 15) is 24.3 Å². The molecule has 0 spiro atoms. The fourth-order valence-corrected chi connectivity index (χ4v) is 4.50. The molecule has 1 amide bonds. The van der Waals surface area contributed by atoms with Crippen molar-refractivity contribution >= 4 is 45.6 Å². The summed E-state index contributed by atoms with van der Waals surface area (Å²) in [6, 6.07) is 15.7. The molecule has 1 aliphatic heterocycles. The summed E-state index contributed by atoms with van der Waals surface area (Å²) in [5.74, 6) is -2.21. The van der Waals surface area contributed by atoms with Gasteiger partial charge in [-0.3, -0.25) is 14.4 Å². The summed E-state index contributed by atoms with van der Waals surface area (Å²) in [5, 5.41) is 6.41. The summed E-state index contributed by atoms with van der Waals surface area (Å²) in [5.41, 5.74) is 0.744. The molecular formula is C21H19NO5S2. The van der Waals surface area contributed by atoms with Crippen LogP contribution in [0.2, 0.25) is 0 Å². The molecule has 1 N–H and O–H groups in total. The van der Waals surface area contributed by atoms with E-state index in [4.69, 9.17) is 1.37 Å². The third-order valence-corrected chi connectivity index (χ3v) is 6.47. The smallest absolute Gasteiger partial charge is 0.326 e. The van der Waals surface area contributed by atoms with Crippen molar-refractivity contribution in [3.8, 4) is 0 Å². The van der Waals surface area contributed by atoms with E-state index in [1.165, 1.54) is 0 Å². The molecular weight excluding hydrogens is 410 g/mol. The van der Waals surface area contributed by atoms with Crippen LogP contribution in [-0.2, 0) is 9.59 Å². The lowest BCUT2D eigenvalue weighted by Gasteiger charge is -2.39. The van der Waals surface area contributed by atoms with Gasteiger partial charge in [-0.25, -0.2) is 4.79 Å². The minimum atomic E-state index is -2.03. The molecule has 1 heterocycles. The van der Waals surface area contributed by atoms with Crippen molar-refractivity contribution < 1.29 is 25.7 Å². The maximum Gasteiger partial charge on any atom is 0.326 e. The van der Waals surface area contributed by atoms with Gasteiger partial charge in [0.2, 0.25) is 16.1 Å². The predicted octanol–water partition coefficient (Wildman–Crippen LogP) is 3.19. The molecule has 2 atom stereocenters. The van der Waals surface area contributed by atoms with Crippen LogP contribution in [0.15, 0.2) is 60.7 Å². The second-order valence-electron chi connectivity index (χ2n) is 6.26. The second kappa shape index (κ2) is 9.76. The number of nitrogens with zero attached hydrogens (tertiary/aromatic N) is 1. The fourth-order valence-electron chi connectivity index (χ4n) is 2.72. The topological polar surface area (TPSA) is 91.8 Å². The van der Waals surface area contributed by atoms with Crippen molar-refractivity contribution in [3.05, 3.63) is 71.8 Å². The normalized spacial score (nSPS) is 18.1. The summed E-state index contributed by atoms with van der Waals surface area (Å²) in [7, 11) is 0. The molecule has 150 valence electrons. The maximum absolute atomic E-state index is 13.1. The average molecular weight is 431 g/mol. The van der Waals surface area contributed by atoms with Crippen LogP contribution in [0.25, 0.3) is 0 Å². The van der Waals surface area contributed by atoms with Crippen molar-refractivity contribution in [3.63, 3.8) is 0 Å². The molecule has 0 radical (unpaired) electrons. The number of amides is 1. The lowest BCUT2D eigenvalue weighted by Crippen LogP contribution is -2.57. The first-order valence-corrected chi connectivity index (χ1v) is 10.7. The number of carboxylic acids is 1. The van der Waals surface area contributed by atoms with Gasteiger partial charge in [-0.1, -0.05) is 84.2 Å². The molecule has 1 fully saturated rings. The second-order valence-corrected chi connectivity index (χ2v) is 8.28. The first-order chi connectivity index (χ1) is 14.3. The zero-order valence-electron chi connectivity index (χ0n) is 16.3. The lowest BCUT2D eigenvalue weighted by atomic mass is 10.0. The Kier molecular flexibility index (Phi) is 6.63. The summed E-state index contributed by atoms with van der Waals surface area (Å²) >= 11 is 1.28. The van der Waals surface area contributed by atoms with Crippen molar-refractivity contribution in [1.29, 1.82) is 0 Å². The van der Waals surface area contributed by atoms with Crippen LogP contribution in [0.3, 0.4) is 0 Å². The SMILES string of the molecule is [2H]C(CSC(=O)c1ccccc1)(SC(=O)c1ccccc1)C(=O)N1CCC1C(=O)O. The Bertz CT molecular complexity index is 956. The number of aliphatic carboxylic acids is 1. The number of hydrogen-bond acceptors (Lipinski definition) is 6. The summed E-state index contributed by atoms with van der Waals surface area (Å²) in [4.78, 5) is 50.6. The molecule has 2 aromatic rings. The largest absolute Gasteiger partial charge is 0.480 e.